The number of nitrogens with two attached hydrogens (primary N) is 1. The quantitative estimate of drug-likeness (QED) is 0.832. The Morgan fingerprint density at radius 1 is 1.38 bits per heavy atom. The van der Waals surface area contributed by atoms with E-state index >= 15 is 0 Å². The lowest BCUT2D eigenvalue weighted by Gasteiger charge is -2.21. The van der Waals surface area contributed by atoms with Crippen LogP contribution in [0.15, 0.2) is 41.3 Å². The summed E-state index contributed by atoms with van der Waals surface area (Å²) in [5.74, 6) is 0.00623. The Bertz CT molecular complexity index is 653. The lowest BCUT2D eigenvalue weighted by Crippen LogP contribution is -2.33. The Morgan fingerprint density at radius 2 is 2.14 bits per heavy atom. The van der Waals surface area contributed by atoms with E-state index in [-0.39, 0.29) is 22.8 Å². The minimum atomic E-state index is -3.73. The zero-order valence-corrected chi connectivity index (χ0v) is 12.8. The Kier molecular flexibility index (Phi) is 4.80. The molecule has 0 heterocycles. The summed E-state index contributed by atoms with van der Waals surface area (Å²) < 4.78 is 22.7. The van der Waals surface area contributed by atoms with Crippen LogP contribution in [0.5, 0.6) is 0 Å². The average Bonchev–Trinajstić information content (AvgIpc) is 2.47. The highest BCUT2D eigenvalue weighted by Gasteiger charge is 2.21. The number of allylic oxidation sites excluding steroid dienone is 2. The van der Waals surface area contributed by atoms with Crippen molar-refractivity contribution in [3.8, 4) is 0 Å². The molecule has 1 aliphatic rings. The topological polar surface area (TPSA) is 89.3 Å². The van der Waals surface area contributed by atoms with E-state index in [9.17, 15) is 13.2 Å². The number of primary sulfonamides is 1. The molecule has 2 rings (SSSR count). The third-order valence-corrected chi connectivity index (χ3v) is 4.60. The number of sulfonamides is 1. The van der Waals surface area contributed by atoms with Crippen LogP contribution in [0.25, 0.3) is 0 Å². The van der Waals surface area contributed by atoms with Crippen LogP contribution in [0.3, 0.4) is 0 Å². The SMILES string of the molecule is CC(NC(=O)C1CC=CCC1)c1cccc(S(N)(=O)=O)c1. The molecule has 0 saturated heterocycles. The fourth-order valence-electron chi connectivity index (χ4n) is 2.41. The van der Waals surface area contributed by atoms with E-state index < -0.39 is 10.0 Å². The van der Waals surface area contributed by atoms with Gasteiger partial charge >= 0.3 is 0 Å². The van der Waals surface area contributed by atoms with Gasteiger partial charge in [-0.3, -0.25) is 4.79 Å². The molecule has 1 amide bonds. The summed E-state index contributed by atoms with van der Waals surface area (Å²) >= 11 is 0. The van der Waals surface area contributed by atoms with Gasteiger partial charge in [-0.25, -0.2) is 13.6 Å². The highest BCUT2D eigenvalue weighted by atomic mass is 32.2. The molecule has 0 saturated carbocycles. The number of amides is 1. The number of hydrogen-bond acceptors (Lipinski definition) is 3. The monoisotopic (exact) mass is 308 g/mol. The van der Waals surface area contributed by atoms with Gasteiger partial charge in [0.15, 0.2) is 0 Å². The summed E-state index contributed by atoms with van der Waals surface area (Å²) in [6, 6.07) is 6.09. The molecule has 0 radical (unpaired) electrons. The van der Waals surface area contributed by atoms with Crippen LogP contribution < -0.4 is 10.5 Å². The Morgan fingerprint density at radius 3 is 2.76 bits per heavy atom. The summed E-state index contributed by atoms with van der Waals surface area (Å²) in [4.78, 5) is 12.2. The van der Waals surface area contributed by atoms with Crippen molar-refractivity contribution in [2.45, 2.75) is 37.1 Å². The van der Waals surface area contributed by atoms with Crippen molar-refractivity contribution >= 4 is 15.9 Å². The first-order chi connectivity index (χ1) is 9.88. The first-order valence-electron chi connectivity index (χ1n) is 6.96. The van der Waals surface area contributed by atoms with Crippen molar-refractivity contribution in [2.24, 2.45) is 11.1 Å². The minimum Gasteiger partial charge on any atom is -0.349 e. The maximum atomic E-state index is 12.2. The van der Waals surface area contributed by atoms with E-state index in [0.29, 0.717) is 0 Å². The third-order valence-electron chi connectivity index (χ3n) is 3.69. The molecule has 5 nitrogen and oxygen atoms in total. The summed E-state index contributed by atoms with van der Waals surface area (Å²) in [5, 5.41) is 8.06. The summed E-state index contributed by atoms with van der Waals surface area (Å²) in [6.45, 7) is 1.83. The van der Waals surface area contributed by atoms with Crippen molar-refractivity contribution in [3.05, 3.63) is 42.0 Å². The third kappa shape index (κ3) is 4.15. The number of hydrogen-bond donors (Lipinski definition) is 2. The van der Waals surface area contributed by atoms with Crippen LogP contribution in [0.2, 0.25) is 0 Å². The zero-order chi connectivity index (χ0) is 15.5. The smallest absolute Gasteiger partial charge is 0.238 e. The van der Waals surface area contributed by atoms with E-state index in [1.807, 2.05) is 13.0 Å². The molecule has 21 heavy (non-hydrogen) atoms. The predicted molar refractivity (Wildman–Crippen MR) is 80.9 cm³/mol. The summed E-state index contributed by atoms with van der Waals surface area (Å²) in [6.07, 6.45) is 6.65. The van der Waals surface area contributed by atoms with Crippen LogP contribution in [0.1, 0.15) is 37.8 Å². The molecule has 0 aromatic heterocycles. The largest absolute Gasteiger partial charge is 0.349 e. The highest BCUT2D eigenvalue weighted by molar-refractivity contribution is 7.89. The first-order valence-corrected chi connectivity index (χ1v) is 8.50. The fraction of sp³-hybridized carbons (Fsp3) is 0.400. The first kappa shape index (κ1) is 15.7. The molecule has 3 N–H and O–H groups in total. The van der Waals surface area contributed by atoms with Crippen LogP contribution in [-0.2, 0) is 14.8 Å². The van der Waals surface area contributed by atoms with Crippen LogP contribution >= 0.6 is 0 Å². The molecule has 0 aliphatic heterocycles. The molecular weight excluding hydrogens is 288 g/mol. The number of carbonyl (C=O) groups is 1. The van der Waals surface area contributed by atoms with E-state index in [4.69, 9.17) is 5.14 Å². The van der Waals surface area contributed by atoms with Crippen molar-refractivity contribution in [1.82, 2.24) is 5.32 Å². The predicted octanol–water partition coefficient (Wildman–Crippen LogP) is 1.87. The molecule has 6 heteroatoms. The molecule has 0 bridgehead atoms. The molecule has 1 aromatic carbocycles. The number of nitrogens with one attached hydrogen (secondary N) is 1. The fourth-order valence-corrected chi connectivity index (χ4v) is 2.98. The number of benzene rings is 1. The second-order valence-electron chi connectivity index (χ2n) is 5.33. The molecule has 1 aliphatic carbocycles. The number of carbonyl (C=O) groups excluding carboxylic acids is 1. The molecule has 2 atom stereocenters. The molecule has 0 spiro atoms. The molecule has 0 fully saturated rings. The highest BCUT2D eigenvalue weighted by Crippen LogP contribution is 2.21. The van der Waals surface area contributed by atoms with Crippen molar-refractivity contribution in [2.75, 3.05) is 0 Å². The van der Waals surface area contributed by atoms with Crippen LogP contribution in [-0.4, -0.2) is 14.3 Å². The normalized spacial score (nSPS) is 20.0. The van der Waals surface area contributed by atoms with Crippen molar-refractivity contribution < 1.29 is 13.2 Å². The molecule has 114 valence electrons. The van der Waals surface area contributed by atoms with Crippen LogP contribution in [0.4, 0.5) is 0 Å². The Balaban J connectivity index is 2.08. The second kappa shape index (κ2) is 6.41. The Hall–Kier alpha value is -1.66. The van der Waals surface area contributed by atoms with Gasteiger partial charge in [0.1, 0.15) is 0 Å². The van der Waals surface area contributed by atoms with Gasteiger partial charge in [0.05, 0.1) is 10.9 Å². The minimum absolute atomic E-state index is 0.00104. The van der Waals surface area contributed by atoms with Gasteiger partial charge < -0.3 is 5.32 Å². The van der Waals surface area contributed by atoms with E-state index in [1.54, 1.807) is 12.1 Å². The van der Waals surface area contributed by atoms with E-state index in [2.05, 4.69) is 11.4 Å². The zero-order valence-electron chi connectivity index (χ0n) is 12.0. The summed E-state index contributed by atoms with van der Waals surface area (Å²) in [5.41, 5.74) is 0.723. The van der Waals surface area contributed by atoms with Crippen LogP contribution in [0, 0.1) is 5.92 Å². The van der Waals surface area contributed by atoms with Gasteiger partial charge in [0.2, 0.25) is 15.9 Å². The average molecular weight is 308 g/mol. The van der Waals surface area contributed by atoms with Gasteiger partial charge in [-0.1, -0.05) is 24.3 Å². The van der Waals surface area contributed by atoms with Gasteiger partial charge in [-0.05, 0) is 43.9 Å². The van der Waals surface area contributed by atoms with Gasteiger partial charge in [-0.2, -0.15) is 0 Å². The molecule has 1 aromatic rings. The standard InChI is InChI=1S/C15H20N2O3S/c1-11(17-15(18)12-6-3-2-4-7-12)13-8-5-9-14(10-13)21(16,19)20/h2-3,5,8-12H,4,6-7H2,1H3,(H,17,18)(H2,16,19,20). The molecular formula is C15H20N2O3S. The van der Waals surface area contributed by atoms with Gasteiger partial charge in [-0.15, -0.1) is 0 Å². The maximum Gasteiger partial charge on any atom is 0.238 e. The van der Waals surface area contributed by atoms with Crippen molar-refractivity contribution in [1.29, 1.82) is 0 Å². The second-order valence-corrected chi connectivity index (χ2v) is 6.89. The lowest BCUT2D eigenvalue weighted by atomic mass is 9.93. The van der Waals surface area contributed by atoms with E-state index in [1.165, 1.54) is 12.1 Å². The number of rotatable bonds is 4. The van der Waals surface area contributed by atoms with E-state index in [0.717, 1.165) is 24.8 Å². The maximum absolute atomic E-state index is 12.2. The van der Waals surface area contributed by atoms with Gasteiger partial charge in [0, 0.05) is 5.92 Å². The van der Waals surface area contributed by atoms with Gasteiger partial charge in [0.25, 0.3) is 0 Å². The summed E-state index contributed by atoms with van der Waals surface area (Å²) in [7, 11) is -3.73. The Labute approximate surface area is 125 Å². The lowest BCUT2D eigenvalue weighted by molar-refractivity contribution is -0.125. The molecule has 2 unspecified atom stereocenters. The van der Waals surface area contributed by atoms with Crippen molar-refractivity contribution in [3.63, 3.8) is 0 Å².